The summed E-state index contributed by atoms with van der Waals surface area (Å²) in [5, 5.41) is 0. The van der Waals surface area contributed by atoms with E-state index in [9.17, 15) is 4.79 Å². The van der Waals surface area contributed by atoms with E-state index in [-0.39, 0.29) is 5.78 Å². The minimum Gasteiger partial charge on any atom is -0.495 e. The van der Waals surface area contributed by atoms with E-state index in [1.807, 2.05) is 6.92 Å². The molecule has 18 heavy (non-hydrogen) atoms. The van der Waals surface area contributed by atoms with Crippen LogP contribution >= 0.6 is 0 Å². The van der Waals surface area contributed by atoms with Crippen LogP contribution in [0.15, 0.2) is 28.7 Å². The van der Waals surface area contributed by atoms with Crippen molar-refractivity contribution in [2.45, 2.75) is 13.8 Å². The summed E-state index contributed by atoms with van der Waals surface area (Å²) in [5.74, 6) is 1.74. The van der Waals surface area contributed by atoms with Crippen molar-refractivity contribution in [1.29, 1.82) is 0 Å². The molecule has 0 spiro atoms. The van der Waals surface area contributed by atoms with Gasteiger partial charge in [-0.3, -0.25) is 4.79 Å². The number of furan rings is 1. The monoisotopic (exact) mass is 245 g/mol. The Hall–Kier alpha value is -2.23. The number of nitrogens with two attached hydrogens (primary N) is 1. The van der Waals surface area contributed by atoms with Crippen LogP contribution in [0.25, 0.3) is 0 Å². The van der Waals surface area contributed by atoms with Crippen molar-refractivity contribution in [3.8, 4) is 5.75 Å². The summed E-state index contributed by atoms with van der Waals surface area (Å²) >= 11 is 0. The van der Waals surface area contributed by atoms with Crippen LogP contribution in [0.5, 0.6) is 5.75 Å². The molecule has 94 valence electrons. The number of ether oxygens (including phenoxy) is 1. The maximum absolute atomic E-state index is 12.3. The molecule has 0 unspecified atom stereocenters. The summed E-state index contributed by atoms with van der Waals surface area (Å²) in [7, 11) is 1.52. The van der Waals surface area contributed by atoms with Crippen molar-refractivity contribution in [2.24, 2.45) is 0 Å². The lowest BCUT2D eigenvalue weighted by molar-refractivity contribution is 0.103. The van der Waals surface area contributed by atoms with E-state index in [0.29, 0.717) is 28.3 Å². The predicted molar refractivity (Wildman–Crippen MR) is 69.0 cm³/mol. The number of hydrogen-bond acceptors (Lipinski definition) is 4. The van der Waals surface area contributed by atoms with Crippen LogP contribution in [0.1, 0.15) is 27.4 Å². The highest BCUT2D eigenvalue weighted by atomic mass is 16.5. The average Bonchev–Trinajstić information content (AvgIpc) is 2.68. The Morgan fingerprint density at radius 3 is 2.56 bits per heavy atom. The van der Waals surface area contributed by atoms with Gasteiger partial charge in [0.2, 0.25) is 0 Å². The van der Waals surface area contributed by atoms with Gasteiger partial charge in [0.15, 0.2) is 5.78 Å². The van der Waals surface area contributed by atoms with Crippen LogP contribution < -0.4 is 10.5 Å². The molecular formula is C14H15NO3. The summed E-state index contributed by atoms with van der Waals surface area (Å²) in [6.07, 6.45) is 0. The molecule has 2 rings (SSSR count). The predicted octanol–water partition coefficient (Wildman–Crippen LogP) is 2.72. The zero-order valence-corrected chi connectivity index (χ0v) is 10.6. The van der Waals surface area contributed by atoms with Crippen molar-refractivity contribution >= 4 is 11.5 Å². The van der Waals surface area contributed by atoms with Crippen LogP contribution in [0, 0.1) is 13.8 Å². The minimum atomic E-state index is -0.0948. The molecule has 1 aromatic heterocycles. The van der Waals surface area contributed by atoms with Crippen LogP contribution in [0.4, 0.5) is 5.69 Å². The fourth-order valence-electron chi connectivity index (χ4n) is 1.86. The van der Waals surface area contributed by atoms with Gasteiger partial charge >= 0.3 is 0 Å². The summed E-state index contributed by atoms with van der Waals surface area (Å²) in [5.41, 5.74) is 7.33. The van der Waals surface area contributed by atoms with Gasteiger partial charge < -0.3 is 14.9 Å². The Morgan fingerprint density at radius 1 is 1.28 bits per heavy atom. The second-order valence-corrected chi connectivity index (χ2v) is 4.11. The van der Waals surface area contributed by atoms with E-state index in [1.165, 1.54) is 7.11 Å². The number of hydrogen-bond donors (Lipinski definition) is 1. The summed E-state index contributed by atoms with van der Waals surface area (Å²) in [6.45, 7) is 3.59. The van der Waals surface area contributed by atoms with Crippen LogP contribution in [-0.2, 0) is 0 Å². The third-order valence-corrected chi connectivity index (χ3v) is 2.78. The Labute approximate surface area is 105 Å². The number of anilines is 1. The van der Waals surface area contributed by atoms with Crippen molar-refractivity contribution in [2.75, 3.05) is 12.8 Å². The highest BCUT2D eigenvalue weighted by Gasteiger charge is 2.16. The highest BCUT2D eigenvalue weighted by molar-refractivity contribution is 6.10. The van der Waals surface area contributed by atoms with Crippen LogP contribution in [-0.4, -0.2) is 12.9 Å². The third kappa shape index (κ3) is 2.09. The fraction of sp³-hybridized carbons (Fsp3) is 0.214. The standard InChI is InChI=1S/C14H15NO3/c1-8-6-11(9(2)18-8)14(16)10-4-5-12(15)13(7-10)17-3/h4-7H,15H2,1-3H3. The molecule has 0 aliphatic carbocycles. The number of rotatable bonds is 3. The molecule has 0 radical (unpaired) electrons. The van der Waals surface area contributed by atoms with Gasteiger partial charge in [-0.2, -0.15) is 0 Å². The SMILES string of the molecule is COc1cc(C(=O)c2cc(C)oc2C)ccc1N. The number of carbonyl (C=O) groups is 1. The molecule has 0 fully saturated rings. The summed E-state index contributed by atoms with van der Waals surface area (Å²) in [6, 6.07) is 6.72. The zero-order chi connectivity index (χ0) is 13.3. The molecule has 0 aliphatic heterocycles. The van der Waals surface area contributed by atoms with Crippen molar-refractivity contribution in [3.63, 3.8) is 0 Å². The minimum absolute atomic E-state index is 0.0948. The molecule has 0 saturated heterocycles. The first-order valence-corrected chi connectivity index (χ1v) is 5.58. The largest absolute Gasteiger partial charge is 0.495 e. The lowest BCUT2D eigenvalue weighted by atomic mass is 10.0. The van der Waals surface area contributed by atoms with Crippen LogP contribution in [0.3, 0.4) is 0 Å². The Kier molecular flexibility index (Phi) is 3.10. The number of carbonyl (C=O) groups excluding carboxylic acids is 1. The van der Waals surface area contributed by atoms with Gasteiger partial charge in [0.1, 0.15) is 17.3 Å². The quantitative estimate of drug-likeness (QED) is 0.667. The van der Waals surface area contributed by atoms with Crippen LogP contribution in [0.2, 0.25) is 0 Å². The first-order chi connectivity index (χ1) is 8.52. The first-order valence-electron chi connectivity index (χ1n) is 5.58. The molecule has 0 saturated carbocycles. The van der Waals surface area contributed by atoms with Crippen molar-refractivity contribution in [3.05, 3.63) is 46.9 Å². The van der Waals surface area contributed by atoms with Gasteiger partial charge in [0, 0.05) is 5.56 Å². The van der Waals surface area contributed by atoms with Gasteiger partial charge in [0.25, 0.3) is 0 Å². The van der Waals surface area contributed by atoms with E-state index < -0.39 is 0 Å². The molecule has 2 N–H and O–H groups in total. The molecule has 0 aliphatic rings. The smallest absolute Gasteiger partial charge is 0.196 e. The molecule has 1 heterocycles. The molecule has 0 bridgehead atoms. The molecule has 4 nitrogen and oxygen atoms in total. The molecule has 2 aromatic rings. The van der Waals surface area contributed by atoms with Gasteiger partial charge in [-0.25, -0.2) is 0 Å². The fourth-order valence-corrected chi connectivity index (χ4v) is 1.86. The Balaban J connectivity index is 2.43. The van der Waals surface area contributed by atoms with E-state index in [4.69, 9.17) is 14.9 Å². The molecule has 0 atom stereocenters. The molecular weight excluding hydrogens is 230 g/mol. The number of methoxy groups -OCH3 is 1. The van der Waals surface area contributed by atoms with Gasteiger partial charge in [-0.15, -0.1) is 0 Å². The van der Waals surface area contributed by atoms with Gasteiger partial charge in [-0.05, 0) is 38.1 Å². The normalized spacial score (nSPS) is 10.4. The molecule has 4 heteroatoms. The second-order valence-electron chi connectivity index (χ2n) is 4.11. The maximum Gasteiger partial charge on any atom is 0.196 e. The first kappa shape index (κ1) is 12.2. The lowest BCUT2D eigenvalue weighted by Gasteiger charge is -2.06. The average molecular weight is 245 g/mol. The second kappa shape index (κ2) is 4.56. The van der Waals surface area contributed by atoms with Gasteiger partial charge in [0.05, 0.1) is 18.4 Å². The number of aryl methyl sites for hydroxylation is 2. The lowest BCUT2D eigenvalue weighted by Crippen LogP contribution is -2.03. The Bertz CT molecular complexity index is 599. The van der Waals surface area contributed by atoms with Gasteiger partial charge in [-0.1, -0.05) is 0 Å². The topological polar surface area (TPSA) is 65.5 Å². The summed E-state index contributed by atoms with van der Waals surface area (Å²) in [4.78, 5) is 12.3. The number of ketones is 1. The van der Waals surface area contributed by atoms with E-state index >= 15 is 0 Å². The molecule has 1 aromatic carbocycles. The number of benzene rings is 1. The Morgan fingerprint density at radius 2 is 2.00 bits per heavy atom. The van der Waals surface area contributed by atoms with Crippen molar-refractivity contribution in [1.82, 2.24) is 0 Å². The maximum atomic E-state index is 12.3. The van der Waals surface area contributed by atoms with Crippen molar-refractivity contribution < 1.29 is 13.9 Å². The van der Waals surface area contributed by atoms with E-state index in [1.54, 1.807) is 31.2 Å². The zero-order valence-electron chi connectivity index (χ0n) is 10.6. The van der Waals surface area contributed by atoms with E-state index in [0.717, 1.165) is 5.76 Å². The third-order valence-electron chi connectivity index (χ3n) is 2.78. The van der Waals surface area contributed by atoms with E-state index in [2.05, 4.69) is 0 Å². The highest BCUT2D eigenvalue weighted by Crippen LogP contribution is 2.25. The molecule has 0 amide bonds. The number of nitrogen functional groups attached to an aromatic ring is 1. The summed E-state index contributed by atoms with van der Waals surface area (Å²) < 4.78 is 10.5.